The Labute approximate surface area is 194 Å². The first-order valence-corrected chi connectivity index (χ1v) is 11.7. The second-order valence-corrected chi connectivity index (χ2v) is 8.93. The first-order chi connectivity index (χ1) is 15.9. The molecule has 2 aromatic rings. The molecule has 1 unspecified atom stereocenters. The van der Waals surface area contributed by atoms with Crippen molar-refractivity contribution in [3.8, 4) is 0 Å². The smallest absolute Gasteiger partial charge is 0.232 e. The maximum Gasteiger partial charge on any atom is 0.232 e. The van der Waals surface area contributed by atoms with Crippen LogP contribution in [0.2, 0.25) is 0 Å². The Hall–Kier alpha value is -3.29. The molecule has 0 spiro atoms. The van der Waals surface area contributed by atoms with Gasteiger partial charge in [0.2, 0.25) is 17.7 Å². The van der Waals surface area contributed by atoms with E-state index in [1.165, 1.54) is 5.56 Å². The van der Waals surface area contributed by atoms with E-state index in [1.54, 1.807) is 9.80 Å². The SMILES string of the molecule is Cc1nc(C2CCCN(C(=O)CCC(N)=O)C2)nc2c1CC(=O)N2CCCc1ccccc1. The molecular weight excluding hydrogens is 418 g/mol. The summed E-state index contributed by atoms with van der Waals surface area (Å²) in [4.78, 5) is 49.4. The van der Waals surface area contributed by atoms with Gasteiger partial charge in [-0.2, -0.15) is 0 Å². The van der Waals surface area contributed by atoms with Crippen molar-refractivity contribution in [2.75, 3.05) is 24.5 Å². The van der Waals surface area contributed by atoms with Gasteiger partial charge in [-0.15, -0.1) is 0 Å². The number of fused-ring (bicyclic) bond motifs is 1. The maximum atomic E-state index is 12.7. The summed E-state index contributed by atoms with van der Waals surface area (Å²) in [5.74, 6) is 0.983. The van der Waals surface area contributed by atoms with Gasteiger partial charge >= 0.3 is 0 Å². The molecule has 0 saturated carbocycles. The molecule has 3 heterocycles. The molecule has 8 nitrogen and oxygen atoms in total. The maximum absolute atomic E-state index is 12.7. The molecule has 2 aliphatic heterocycles. The van der Waals surface area contributed by atoms with E-state index < -0.39 is 5.91 Å². The third-order valence-electron chi connectivity index (χ3n) is 6.51. The lowest BCUT2D eigenvalue weighted by Gasteiger charge is -2.32. The first kappa shape index (κ1) is 22.9. The summed E-state index contributed by atoms with van der Waals surface area (Å²) < 4.78 is 0. The van der Waals surface area contributed by atoms with Crippen molar-refractivity contribution in [2.45, 2.75) is 57.8 Å². The lowest BCUT2D eigenvalue weighted by Crippen LogP contribution is -2.40. The van der Waals surface area contributed by atoms with Gasteiger partial charge < -0.3 is 10.6 Å². The number of amides is 3. The van der Waals surface area contributed by atoms with Crippen molar-refractivity contribution >= 4 is 23.5 Å². The molecular formula is C25H31N5O3. The zero-order valence-corrected chi connectivity index (χ0v) is 19.1. The third-order valence-corrected chi connectivity index (χ3v) is 6.51. The van der Waals surface area contributed by atoms with Gasteiger partial charge in [0.15, 0.2) is 0 Å². The summed E-state index contributed by atoms with van der Waals surface area (Å²) >= 11 is 0. The average molecular weight is 450 g/mol. The molecule has 1 aromatic carbocycles. The van der Waals surface area contributed by atoms with Gasteiger partial charge in [-0.25, -0.2) is 9.97 Å². The monoisotopic (exact) mass is 449 g/mol. The number of carbonyl (C=O) groups is 3. The molecule has 0 bridgehead atoms. The average Bonchev–Trinajstić information content (AvgIpc) is 3.14. The fourth-order valence-corrected chi connectivity index (χ4v) is 4.70. The predicted octanol–water partition coefficient (Wildman–Crippen LogP) is 2.28. The van der Waals surface area contributed by atoms with E-state index in [0.29, 0.717) is 31.9 Å². The molecule has 1 saturated heterocycles. The molecule has 4 rings (SSSR count). The number of nitrogens with zero attached hydrogens (tertiary/aromatic N) is 4. The van der Waals surface area contributed by atoms with Crippen LogP contribution in [-0.2, 0) is 27.2 Å². The number of rotatable bonds is 8. The lowest BCUT2D eigenvalue weighted by atomic mass is 9.96. The Morgan fingerprint density at radius 2 is 1.94 bits per heavy atom. The largest absolute Gasteiger partial charge is 0.370 e. The Bertz CT molecular complexity index is 1040. The van der Waals surface area contributed by atoms with Gasteiger partial charge in [0, 0.05) is 49.7 Å². The van der Waals surface area contributed by atoms with Crippen LogP contribution in [0.15, 0.2) is 30.3 Å². The Kier molecular flexibility index (Phi) is 7.01. The zero-order chi connectivity index (χ0) is 23.4. The summed E-state index contributed by atoms with van der Waals surface area (Å²) in [6.45, 7) is 3.75. The van der Waals surface area contributed by atoms with E-state index in [2.05, 4.69) is 12.1 Å². The van der Waals surface area contributed by atoms with E-state index in [4.69, 9.17) is 15.7 Å². The highest BCUT2D eigenvalue weighted by molar-refractivity contribution is 6.00. The molecule has 0 aliphatic carbocycles. The number of primary amides is 1. The number of piperidine rings is 1. The fraction of sp³-hybridized carbons (Fsp3) is 0.480. The highest BCUT2D eigenvalue weighted by Crippen LogP contribution is 2.33. The molecule has 1 aromatic heterocycles. The molecule has 1 fully saturated rings. The lowest BCUT2D eigenvalue weighted by molar-refractivity contribution is -0.134. The quantitative estimate of drug-likeness (QED) is 0.665. The Balaban J connectivity index is 1.46. The van der Waals surface area contributed by atoms with Gasteiger partial charge in [0.05, 0.1) is 6.42 Å². The minimum atomic E-state index is -0.466. The molecule has 174 valence electrons. The highest BCUT2D eigenvalue weighted by atomic mass is 16.2. The molecule has 1 atom stereocenters. The Morgan fingerprint density at radius 1 is 1.15 bits per heavy atom. The van der Waals surface area contributed by atoms with Gasteiger partial charge in [-0.3, -0.25) is 19.3 Å². The predicted molar refractivity (Wildman–Crippen MR) is 125 cm³/mol. The number of aryl methyl sites for hydroxylation is 2. The van der Waals surface area contributed by atoms with Crippen molar-refractivity contribution in [2.24, 2.45) is 5.73 Å². The van der Waals surface area contributed by atoms with Gasteiger partial charge in [0.25, 0.3) is 0 Å². The topological polar surface area (TPSA) is 109 Å². The van der Waals surface area contributed by atoms with Gasteiger partial charge in [-0.1, -0.05) is 30.3 Å². The van der Waals surface area contributed by atoms with Crippen LogP contribution in [0.25, 0.3) is 0 Å². The summed E-state index contributed by atoms with van der Waals surface area (Å²) in [5.41, 5.74) is 8.19. The molecule has 33 heavy (non-hydrogen) atoms. The second-order valence-electron chi connectivity index (χ2n) is 8.93. The molecule has 2 aliphatic rings. The van der Waals surface area contributed by atoms with E-state index in [1.807, 2.05) is 25.1 Å². The van der Waals surface area contributed by atoms with Crippen LogP contribution < -0.4 is 10.6 Å². The van der Waals surface area contributed by atoms with Crippen molar-refractivity contribution in [3.63, 3.8) is 0 Å². The van der Waals surface area contributed by atoms with E-state index in [-0.39, 0.29) is 30.6 Å². The number of carbonyl (C=O) groups excluding carboxylic acids is 3. The van der Waals surface area contributed by atoms with Crippen LogP contribution in [0, 0.1) is 6.92 Å². The first-order valence-electron chi connectivity index (χ1n) is 11.7. The van der Waals surface area contributed by atoms with Crippen molar-refractivity contribution in [1.29, 1.82) is 0 Å². The van der Waals surface area contributed by atoms with Crippen molar-refractivity contribution < 1.29 is 14.4 Å². The van der Waals surface area contributed by atoms with Crippen LogP contribution in [-0.4, -0.2) is 52.2 Å². The molecule has 3 amide bonds. The fourth-order valence-electron chi connectivity index (χ4n) is 4.70. The number of aromatic nitrogens is 2. The minimum absolute atomic E-state index is 0.0159. The molecule has 8 heteroatoms. The number of hydrogen-bond acceptors (Lipinski definition) is 5. The zero-order valence-electron chi connectivity index (χ0n) is 19.1. The van der Waals surface area contributed by atoms with E-state index in [0.717, 1.165) is 42.8 Å². The van der Waals surface area contributed by atoms with Crippen LogP contribution in [0.5, 0.6) is 0 Å². The molecule has 2 N–H and O–H groups in total. The van der Waals surface area contributed by atoms with Crippen molar-refractivity contribution in [3.05, 3.63) is 53.0 Å². The highest BCUT2D eigenvalue weighted by Gasteiger charge is 2.33. The molecule has 0 radical (unpaired) electrons. The van der Waals surface area contributed by atoms with E-state index in [9.17, 15) is 14.4 Å². The van der Waals surface area contributed by atoms with Crippen LogP contribution in [0.4, 0.5) is 5.82 Å². The Morgan fingerprint density at radius 3 is 2.70 bits per heavy atom. The third kappa shape index (κ3) is 5.38. The van der Waals surface area contributed by atoms with Gasteiger partial charge in [-0.05, 0) is 38.2 Å². The second kappa shape index (κ2) is 10.1. The van der Waals surface area contributed by atoms with Crippen molar-refractivity contribution in [1.82, 2.24) is 14.9 Å². The number of benzene rings is 1. The summed E-state index contributed by atoms with van der Waals surface area (Å²) in [6.07, 6.45) is 4.05. The normalized spacial score (nSPS) is 17.8. The number of hydrogen-bond donors (Lipinski definition) is 1. The number of nitrogens with two attached hydrogens (primary N) is 1. The summed E-state index contributed by atoms with van der Waals surface area (Å²) in [5, 5.41) is 0. The van der Waals surface area contributed by atoms with E-state index >= 15 is 0 Å². The summed E-state index contributed by atoms with van der Waals surface area (Å²) in [6, 6.07) is 10.3. The minimum Gasteiger partial charge on any atom is -0.370 e. The summed E-state index contributed by atoms with van der Waals surface area (Å²) in [7, 11) is 0. The standard InChI is InChI=1S/C25H31N5O3/c1-17-20-15-23(33)30(14-5-9-18-7-3-2-4-8-18)25(20)28-24(27-17)19-10-6-13-29(16-19)22(32)12-11-21(26)31/h2-4,7-8,19H,5-6,9-16H2,1H3,(H2,26,31). The van der Waals surface area contributed by atoms with Crippen LogP contribution in [0.1, 0.15) is 60.7 Å². The van der Waals surface area contributed by atoms with Gasteiger partial charge in [0.1, 0.15) is 11.6 Å². The van der Waals surface area contributed by atoms with Crippen LogP contribution >= 0.6 is 0 Å². The van der Waals surface area contributed by atoms with Crippen LogP contribution in [0.3, 0.4) is 0 Å². The number of likely N-dealkylation sites (tertiary alicyclic amines) is 1. The number of anilines is 1.